The summed E-state index contributed by atoms with van der Waals surface area (Å²) in [6, 6.07) is 10.4. The Hall–Kier alpha value is -1.68. The molecule has 3 nitrogen and oxygen atoms in total. The van der Waals surface area contributed by atoms with Crippen LogP contribution in [-0.4, -0.2) is 9.97 Å². The third-order valence-electron chi connectivity index (χ3n) is 2.88. The Kier molecular flexibility index (Phi) is 4.68. The van der Waals surface area contributed by atoms with E-state index in [1.165, 1.54) is 11.1 Å². The fourth-order valence-corrected chi connectivity index (χ4v) is 2.09. The average Bonchev–Trinajstić information content (AvgIpc) is 2.38. The Morgan fingerprint density at radius 3 is 2.68 bits per heavy atom. The monoisotopic (exact) mass is 273 g/mol. The first-order chi connectivity index (χ1) is 9.17. The first-order valence-corrected chi connectivity index (χ1v) is 6.98. The predicted octanol–water partition coefficient (Wildman–Crippen LogP) is 4.01. The van der Waals surface area contributed by atoms with Crippen LogP contribution in [0.25, 0.3) is 0 Å². The van der Waals surface area contributed by atoms with Gasteiger partial charge in [-0.2, -0.15) is 0 Å². The molecule has 0 bridgehead atoms. The molecule has 0 aliphatic heterocycles. The molecule has 0 fully saturated rings. The van der Waals surface area contributed by atoms with Gasteiger partial charge in [0.15, 0.2) is 0 Å². The van der Waals surface area contributed by atoms with E-state index in [1.807, 2.05) is 6.07 Å². The molecule has 4 heteroatoms. The number of anilines is 1. The molecule has 0 aliphatic rings. The van der Waals surface area contributed by atoms with E-state index in [4.69, 9.17) is 12.2 Å². The molecule has 2 N–H and O–H groups in total. The van der Waals surface area contributed by atoms with Gasteiger partial charge in [-0.25, -0.2) is 4.98 Å². The smallest absolute Gasteiger partial charge is 0.131 e. The molecule has 2 rings (SSSR count). The van der Waals surface area contributed by atoms with Crippen LogP contribution in [0, 0.1) is 11.6 Å². The number of rotatable bonds is 5. The number of aryl methyl sites for hydroxylation is 2. The third-order valence-corrected chi connectivity index (χ3v) is 3.09. The van der Waals surface area contributed by atoms with Gasteiger partial charge in [0, 0.05) is 19.0 Å². The third kappa shape index (κ3) is 4.17. The minimum atomic E-state index is 0.633. The number of aromatic nitrogens is 2. The lowest BCUT2D eigenvalue weighted by Gasteiger charge is -2.08. The summed E-state index contributed by atoms with van der Waals surface area (Å²) in [7, 11) is 0. The predicted molar refractivity (Wildman–Crippen MR) is 81.9 cm³/mol. The molecule has 1 aromatic heterocycles. The molecule has 0 unspecified atom stereocenters. The van der Waals surface area contributed by atoms with Crippen molar-refractivity contribution in [3.05, 3.63) is 51.9 Å². The number of nitrogens with zero attached hydrogens (tertiary/aromatic N) is 1. The zero-order chi connectivity index (χ0) is 13.7. The van der Waals surface area contributed by atoms with Crippen molar-refractivity contribution in [2.45, 2.75) is 33.2 Å². The van der Waals surface area contributed by atoms with Crippen molar-refractivity contribution >= 4 is 18.0 Å². The van der Waals surface area contributed by atoms with Gasteiger partial charge in [0.25, 0.3) is 0 Å². The van der Waals surface area contributed by atoms with E-state index in [9.17, 15) is 0 Å². The van der Waals surface area contributed by atoms with Gasteiger partial charge in [-0.05, 0) is 18.9 Å². The Balaban J connectivity index is 2.06. The fraction of sp³-hybridized carbons (Fsp3) is 0.333. The number of H-pyrrole nitrogens is 1. The van der Waals surface area contributed by atoms with Crippen LogP contribution in [0.15, 0.2) is 30.3 Å². The van der Waals surface area contributed by atoms with E-state index in [1.54, 1.807) is 0 Å². The summed E-state index contributed by atoms with van der Waals surface area (Å²) in [4.78, 5) is 7.59. The molecule has 0 aliphatic carbocycles. The molecule has 19 heavy (non-hydrogen) atoms. The van der Waals surface area contributed by atoms with Crippen LogP contribution in [0.3, 0.4) is 0 Å². The highest BCUT2D eigenvalue weighted by Gasteiger charge is 1.99. The lowest BCUT2D eigenvalue weighted by atomic mass is 10.1. The van der Waals surface area contributed by atoms with Crippen molar-refractivity contribution in [2.24, 2.45) is 0 Å². The fourth-order valence-electron chi connectivity index (χ4n) is 1.86. The van der Waals surface area contributed by atoms with Crippen molar-refractivity contribution < 1.29 is 0 Å². The molecule has 1 aromatic carbocycles. The van der Waals surface area contributed by atoms with E-state index in [-0.39, 0.29) is 0 Å². The van der Waals surface area contributed by atoms with Gasteiger partial charge in [0.2, 0.25) is 0 Å². The molecule has 0 radical (unpaired) electrons. The van der Waals surface area contributed by atoms with E-state index < -0.39 is 0 Å². The highest BCUT2D eigenvalue weighted by Crippen LogP contribution is 2.09. The Morgan fingerprint density at radius 1 is 1.26 bits per heavy atom. The minimum Gasteiger partial charge on any atom is -0.367 e. The van der Waals surface area contributed by atoms with E-state index in [0.29, 0.717) is 4.64 Å². The van der Waals surface area contributed by atoms with Crippen LogP contribution in [0.2, 0.25) is 0 Å². The summed E-state index contributed by atoms with van der Waals surface area (Å²) in [5, 5.41) is 3.36. The lowest BCUT2D eigenvalue weighted by Crippen LogP contribution is -2.04. The number of hydrogen-bond acceptors (Lipinski definition) is 3. The van der Waals surface area contributed by atoms with E-state index in [2.05, 4.69) is 53.4 Å². The molecule has 0 amide bonds. The number of hydrogen-bond donors (Lipinski definition) is 2. The summed E-state index contributed by atoms with van der Waals surface area (Å²) >= 11 is 5.18. The topological polar surface area (TPSA) is 40.7 Å². The number of benzene rings is 1. The molecular formula is C15H19N3S. The standard InChI is InChI=1S/C15H19N3S/c1-3-4-13-17-14(9-15(19)18-13)16-10-12-7-5-11(2)6-8-12/h5-9H,3-4,10H2,1-2H3,(H2,16,17,18,19). The van der Waals surface area contributed by atoms with Gasteiger partial charge in [-0.15, -0.1) is 0 Å². The minimum absolute atomic E-state index is 0.633. The summed E-state index contributed by atoms with van der Waals surface area (Å²) in [6.45, 7) is 5.00. The van der Waals surface area contributed by atoms with Gasteiger partial charge in [0.05, 0.1) is 0 Å². The Bertz CT molecular complexity index is 587. The Labute approximate surface area is 119 Å². The maximum atomic E-state index is 5.18. The van der Waals surface area contributed by atoms with Crippen molar-refractivity contribution in [1.29, 1.82) is 0 Å². The first-order valence-electron chi connectivity index (χ1n) is 6.57. The van der Waals surface area contributed by atoms with Crippen molar-refractivity contribution in [3.63, 3.8) is 0 Å². The normalized spacial score (nSPS) is 10.4. The second kappa shape index (κ2) is 6.48. The highest BCUT2D eigenvalue weighted by molar-refractivity contribution is 7.71. The summed E-state index contributed by atoms with van der Waals surface area (Å²) in [5.41, 5.74) is 2.52. The first kappa shape index (κ1) is 13.7. The molecule has 0 atom stereocenters. The summed E-state index contributed by atoms with van der Waals surface area (Å²) < 4.78 is 0.633. The second-order valence-electron chi connectivity index (χ2n) is 4.67. The largest absolute Gasteiger partial charge is 0.367 e. The maximum Gasteiger partial charge on any atom is 0.131 e. The number of nitrogens with one attached hydrogen (secondary N) is 2. The molecule has 0 spiro atoms. The summed E-state index contributed by atoms with van der Waals surface area (Å²) in [5.74, 6) is 1.88. The average molecular weight is 273 g/mol. The van der Waals surface area contributed by atoms with Gasteiger partial charge in [-0.1, -0.05) is 49.0 Å². The lowest BCUT2D eigenvalue weighted by molar-refractivity contribution is 0.830. The van der Waals surface area contributed by atoms with Crippen LogP contribution < -0.4 is 5.32 Å². The van der Waals surface area contributed by atoms with Crippen LogP contribution >= 0.6 is 12.2 Å². The second-order valence-corrected chi connectivity index (χ2v) is 5.09. The number of aromatic amines is 1. The van der Waals surface area contributed by atoms with Gasteiger partial charge in [-0.3, -0.25) is 0 Å². The zero-order valence-corrected chi connectivity index (χ0v) is 12.2. The van der Waals surface area contributed by atoms with E-state index in [0.717, 1.165) is 31.0 Å². The van der Waals surface area contributed by atoms with Gasteiger partial charge < -0.3 is 10.3 Å². The van der Waals surface area contributed by atoms with E-state index >= 15 is 0 Å². The van der Waals surface area contributed by atoms with Crippen LogP contribution in [-0.2, 0) is 13.0 Å². The highest BCUT2D eigenvalue weighted by atomic mass is 32.1. The molecule has 0 saturated heterocycles. The Morgan fingerprint density at radius 2 is 2.00 bits per heavy atom. The van der Waals surface area contributed by atoms with Crippen LogP contribution in [0.5, 0.6) is 0 Å². The molecule has 2 aromatic rings. The van der Waals surface area contributed by atoms with Gasteiger partial charge >= 0.3 is 0 Å². The summed E-state index contributed by atoms with van der Waals surface area (Å²) in [6.07, 6.45) is 1.98. The van der Waals surface area contributed by atoms with Crippen LogP contribution in [0.4, 0.5) is 5.82 Å². The van der Waals surface area contributed by atoms with Crippen molar-refractivity contribution in [1.82, 2.24) is 9.97 Å². The van der Waals surface area contributed by atoms with Gasteiger partial charge in [0.1, 0.15) is 16.3 Å². The van der Waals surface area contributed by atoms with Crippen LogP contribution in [0.1, 0.15) is 30.3 Å². The molecular weight excluding hydrogens is 254 g/mol. The van der Waals surface area contributed by atoms with Crippen molar-refractivity contribution in [2.75, 3.05) is 5.32 Å². The zero-order valence-electron chi connectivity index (χ0n) is 11.4. The SMILES string of the molecule is CCCc1nc(=S)cc(NCc2ccc(C)cc2)[nH]1. The quantitative estimate of drug-likeness (QED) is 0.809. The molecule has 0 saturated carbocycles. The molecule has 100 valence electrons. The van der Waals surface area contributed by atoms with Crippen molar-refractivity contribution in [3.8, 4) is 0 Å². The maximum absolute atomic E-state index is 5.18. The molecule has 1 heterocycles.